The number of thioether (sulfide) groups is 1. The normalized spacial score (nSPS) is 15.9. The van der Waals surface area contributed by atoms with Crippen molar-refractivity contribution in [3.8, 4) is 11.8 Å². The molecule has 0 saturated carbocycles. The smallest absolute Gasteiger partial charge is 0.234 e. The number of methoxy groups -OCH3 is 1. The van der Waals surface area contributed by atoms with E-state index >= 15 is 0 Å². The first kappa shape index (κ1) is 21.8. The Balaban J connectivity index is 1.80. The third-order valence-electron chi connectivity index (χ3n) is 4.76. The van der Waals surface area contributed by atoms with Gasteiger partial charge >= 0.3 is 0 Å². The lowest BCUT2D eigenvalue weighted by Crippen LogP contribution is -2.31. The molecular formula is C22H20ClN3O3S. The van der Waals surface area contributed by atoms with Crippen molar-refractivity contribution in [1.29, 1.82) is 5.26 Å². The van der Waals surface area contributed by atoms with Crippen molar-refractivity contribution in [3.63, 3.8) is 0 Å². The number of ether oxygens (including phenoxy) is 1. The van der Waals surface area contributed by atoms with Gasteiger partial charge in [-0.25, -0.2) is 0 Å². The molecule has 3 rings (SSSR count). The van der Waals surface area contributed by atoms with Crippen LogP contribution >= 0.6 is 23.4 Å². The lowest BCUT2D eigenvalue weighted by atomic mass is 9.86. The highest BCUT2D eigenvalue weighted by molar-refractivity contribution is 8.03. The summed E-state index contributed by atoms with van der Waals surface area (Å²) in [5, 5.41) is 16.3. The maximum Gasteiger partial charge on any atom is 0.234 e. The Morgan fingerprint density at radius 1 is 1.33 bits per heavy atom. The number of benzene rings is 2. The van der Waals surface area contributed by atoms with Gasteiger partial charge in [0.1, 0.15) is 5.75 Å². The van der Waals surface area contributed by atoms with Crippen molar-refractivity contribution < 1.29 is 14.3 Å². The number of nitriles is 1. The van der Waals surface area contributed by atoms with Crippen molar-refractivity contribution in [2.45, 2.75) is 19.3 Å². The highest BCUT2D eigenvalue weighted by Crippen LogP contribution is 2.39. The molecule has 1 atom stereocenters. The fourth-order valence-electron chi connectivity index (χ4n) is 3.22. The molecule has 0 unspecified atom stereocenters. The number of para-hydroxylation sites is 1. The van der Waals surface area contributed by atoms with E-state index in [0.29, 0.717) is 27.1 Å². The molecule has 1 aliphatic heterocycles. The van der Waals surface area contributed by atoms with Crippen LogP contribution in [0.15, 0.2) is 53.1 Å². The standard InChI is InChI=1S/C22H20ClN3O3S/c1-13-17(23)7-5-8-18(13)25-21(28)12-30-22-16(11-24)15(10-20(27)26-22)14-6-3-4-9-19(14)29-2/h3-9,15H,10,12H2,1-2H3,(H,25,28)(H,26,27)/t15-/m1/s1. The number of carbonyl (C=O) groups is 2. The number of nitrogens with zero attached hydrogens (tertiary/aromatic N) is 1. The summed E-state index contributed by atoms with van der Waals surface area (Å²) in [4.78, 5) is 24.7. The first-order valence-corrected chi connectivity index (χ1v) is 10.6. The van der Waals surface area contributed by atoms with E-state index in [0.717, 1.165) is 22.9 Å². The average Bonchev–Trinajstić information content (AvgIpc) is 2.75. The lowest BCUT2D eigenvalue weighted by Gasteiger charge is -2.26. The molecule has 0 aromatic heterocycles. The average molecular weight is 442 g/mol. The Morgan fingerprint density at radius 3 is 2.83 bits per heavy atom. The maximum absolute atomic E-state index is 12.4. The monoisotopic (exact) mass is 441 g/mol. The molecule has 8 heteroatoms. The Hall–Kier alpha value is -2.95. The summed E-state index contributed by atoms with van der Waals surface area (Å²) in [7, 11) is 1.55. The fourth-order valence-corrected chi connectivity index (χ4v) is 4.27. The quantitative estimate of drug-likeness (QED) is 0.694. The van der Waals surface area contributed by atoms with E-state index in [9.17, 15) is 14.9 Å². The molecule has 0 fully saturated rings. The number of hydrogen-bond acceptors (Lipinski definition) is 5. The predicted molar refractivity (Wildman–Crippen MR) is 118 cm³/mol. The van der Waals surface area contributed by atoms with Crippen molar-refractivity contribution >= 4 is 40.9 Å². The van der Waals surface area contributed by atoms with Gasteiger partial charge in [-0.1, -0.05) is 47.6 Å². The molecule has 0 bridgehead atoms. The fraction of sp³-hybridized carbons (Fsp3) is 0.227. The van der Waals surface area contributed by atoms with Gasteiger partial charge < -0.3 is 15.4 Å². The number of nitrogens with one attached hydrogen (secondary N) is 2. The molecule has 30 heavy (non-hydrogen) atoms. The highest BCUT2D eigenvalue weighted by Gasteiger charge is 2.31. The predicted octanol–water partition coefficient (Wildman–Crippen LogP) is 4.37. The van der Waals surface area contributed by atoms with E-state index in [4.69, 9.17) is 16.3 Å². The van der Waals surface area contributed by atoms with Crippen LogP contribution in [0.1, 0.15) is 23.5 Å². The van der Waals surface area contributed by atoms with Crippen LogP contribution in [0, 0.1) is 18.3 Å². The van der Waals surface area contributed by atoms with Crippen molar-refractivity contribution in [2.24, 2.45) is 0 Å². The summed E-state index contributed by atoms with van der Waals surface area (Å²) < 4.78 is 5.40. The van der Waals surface area contributed by atoms with E-state index in [2.05, 4.69) is 16.7 Å². The number of allylic oxidation sites excluding steroid dienone is 1. The molecule has 2 aromatic rings. The van der Waals surface area contributed by atoms with Crippen LogP contribution in [0.2, 0.25) is 5.02 Å². The molecule has 0 saturated heterocycles. The number of halogens is 1. The van der Waals surface area contributed by atoms with Crippen molar-refractivity contribution in [1.82, 2.24) is 5.32 Å². The van der Waals surface area contributed by atoms with Gasteiger partial charge in [-0.2, -0.15) is 5.26 Å². The minimum atomic E-state index is -0.430. The number of rotatable bonds is 6. The molecule has 2 N–H and O–H groups in total. The van der Waals surface area contributed by atoms with E-state index in [1.54, 1.807) is 31.4 Å². The zero-order chi connectivity index (χ0) is 21.7. The van der Waals surface area contributed by atoms with Gasteiger partial charge in [-0.15, -0.1) is 0 Å². The van der Waals surface area contributed by atoms with E-state index in [1.165, 1.54) is 0 Å². The minimum Gasteiger partial charge on any atom is -0.496 e. The number of carbonyl (C=O) groups excluding carboxylic acids is 2. The van der Waals surface area contributed by atoms with Crippen molar-refractivity contribution in [3.05, 3.63) is 69.2 Å². The molecule has 1 heterocycles. The Kier molecular flexibility index (Phi) is 7.03. The largest absolute Gasteiger partial charge is 0.496 e. The van der Waals surface area contributed by atoms with Gasteiger partial charge in [0.2, 0.25) is 11.8 Å². The van der Waals surface area contributed by atoms with Crippen LogP contribution in [0.25, 0.3) is 0 Å². The van der Waals surface area contributed by atoms with Gasteiger partial charge in [0.25, 0.3) is 0 Å². The van der Waals surface area contributed by atoms with E-state index < -0.39 is 5.92 Å². The second-order valence-corrected chi connectivity index (χ2v) is 8.04. The molecule has 2 aromatic carbocycles. The Morgan fingerprint density at radius 2 is 2.10 bits per heavy atom. The molecule has 0 radical (unpaired) electrons. The van der Waals surface area contributed by atoms with Gasteiger partial charge in [-0.3, -0.25) is 9.59 Å². The summed E-state index contributed by atoms with van der Waals surface area (Å²) in [6, 6.07) is 14.8. The zero-order valence-corrected chi connectivity index (χ0v) is 18.1. The first-order chi connectivity index (χ1) is 14.4. The van der Waals surface area contributed by atoms with E-state index in [1.807, 2.05) is 25.1 Å². The van der Waals surface area contributed by atoms with Crippen LogP contribution in [-0.4, -0.2) is 24.7 Å². The van der Waals surface area contributed by atoms with Crippen LogP contribution in [-0.2, 0) is 9.59 Å². The molecule has 0 spiro atoms. The number of amides is 2. The molecule has 6 nitrogen and oxygen atoms in total. The highest BCUT2D eigenvalue weighted by atomic mass is 35.5. The summed E-state index contributed by atoms with van der Waals surface area (Å²) in [5.41, 5.74) is 2.58. The summed E-state index contributed by atoms with van der Waals surface area (Å²) in [6.45, 7) is 1.82. The van der Waals surface area contributed by atoms with Crippen molar-refractivity contribution in [2.75, 3.05) is 18.2 Å². The maximum atomic E-state index is 12.4. The van der Waals surface area contributed by atoms with Gasteiger partial charge in [-0.05, 0) is 30.7 Å². The van der Waals surface area contributed by atoms with Crippen LogP contribution in [0.5, 0.6) is 5.75 Å². The lowest BCUT2D eigenvalue weighted by molar-refractivity contribution is -0.121. The van der Waals surface area contributed by atoms with E-state index in [-0.39, 0.29) is 24.0 Å². The topological polar surface area (TPSA) is 91.2 Å². The second kappa shape index (κ2) is 9.70. The van der Waals surface area contributed by atoms with Gasteiger partial charge in [0, 0.05) is 28.6 Å². The second-order valence-electron chi connectivity index (χ2n) is 6.65. The van der Waals surface area contributed by atoms with Gasteiger partial charge in [0.05, 0.1) is 29.5 Å². The number of anilines is 1. The summed E-state index contributed by atoms with van der Waals surface area (Å²) in [5.74, 6) is -0.253. The number of hydrogen-bond donors (Lipinski definition) is 2. The SMILES string of the molecule is COc1ccccc1[C@H]1CC(=O)NC(SCC(=O)Nc2cccc(Cl)c2C)=C1C#N. The molecule has 1 aliphatic rings. The van der Waals surface area contributed by atoms with Crippen LogP contribution in [0.4, 0.5) is 5.69 Å². The molecular weight excluding hydrogens is 422 g/mol. The zero-order valence-electron chi connectivity index (χ0n) is 16.5. The third kappa shape index (κ3) is 4.78. The Labute approximate surface area is 184 Å². The third-order valence-corrected chi connectivity index (χ3v) is 6.19. The molecule has 0 aliphatic carbocycles. The first-order valence-electron chi connectivity index (χ1n) is 9.19. The van der Waals surface area contributed by atoms with Gasteiger partial charge in [0.15, 0.2) is 0 Å². The Bertz CT molecular complexity index is 1060. The summed E-state index contributed by atoms with van der Waals surface area (Å²) >= 11 is 7.21. The van der Waals surface area contributed by atoms with Crippen LogP contribution < -0.4 is 15.4 Å². The van der Waals surface area contributed by atoms with Crippen LogP contribution in [0.3, 0.4) is 0 Å². The summed E-state index contributed by atoms with van der Waals surface area (Å²) in [6.07, 6.45) is 0.140. The molecule has 154 valence electrons. The minimum absolute atomic E-state index is 0.0331. The molecule has 2 amide bonds.